The van der Waals surface area contributed by atoms with E-state index in [1.54, 1.807) is 14.0 Å². The summed E-state index contributed by atoms with van der Waals surface area (Å²) in [5.74, 6) is -0.972. The summed E-state index contributed by atoms with van der Waals surface area (Å²) >= 11 is 1.14. The van der Waals surface area contributed by atoms with E-state index in [9.17, 15) is 15.2 Å². The number of nitriles is 1. The molecule has 0 fully saturated rings. The minimum Gasteiger partial charge on any atom is -0.477 e. The first-order valence-corrected chi connectivity index (χ1v) is 8.53. The van der Waals surface area contributed by atoms with Gasteiger partial charge in [0.1, 0.15) is 16.0 Å². The number of aryl methyl sites for hydroxylation is 1. The highest BCUT2D eigenvalue weighted by Gasteiger charge is 2.17. The van der Waals surface area contributed by atoms with Gasteiger partial charge in [0.15, 0.2) is 0 Å². The zero-order chi connectivity index (χ0) is 18.1. The second-order valence-corrected chi connectivity index (χ2v) is 6.82. The van der Waals surface area contributed by atoms with Crippen molar-refractivity contribution in [2.75, 3.05) is 7.11 Å². The van der Waals surface area contributed by atoms with E-state index in [-0.39, 0.29) is 11.0 Å². The van der Waals surface area contributed by atoms with Crippen molar-refractivity contribution in [1.29, 1.82) is 5.26 Å². The molecule has 0 saturated carbocycles. The SMILES string of the molecule is COC(C)Cn1cc(C#N)c2cc(-c3nc(C)c(C(=O)O)s3)ccc21. The molecule has 3 rings (SSSR count). The van der Waals surface area contributed by atoms with Gasteiger partial charge in [0.25, 0.3) is 0 Å². The number of nitrogens with zero attached hydrogens (tertiary/aromatic N) is 3. The van der Waals surface area contributed by atoms with Crippen LogP contribution in [0.3, 0.4) is 0 Å². The van der Waals surface area contributed by atoms with Crippen LogP contribution in [0.5, 0.6) is 0 Å². The van der Waals surface area contributed by atoms with Crippen LogP contribution in [-0.2, 0) is 11.3 Å². The van der Waals surface area contributed by atoms with E-state index >= 15 is 0 Å². The molecule has 7 heteroatoms. The van der Waals surface area contributed by atoms with Crippen molar-refractivity contribution in [2.24, 2.45) is 0 Å². The van der Waals surface area contributed by atoms with Gasteiger partial charge in [-0.2, -0.15) is 5.26 Å². The van der Waals surface area contributed by atoms with E-state index in [2.05, 4.69) is 11.1 Å². The summed E-state index contributed by atoms with van der Waals surface area (Å²) in [4.78, 5) is 15.8. The van der Waals surface area contributed by atoms with Crippen molar-refractivity contribution in [1.82, 2.24) is 9.55 Å². The van der Waals surface area contributed by atoms with Gasteiger partial charge in [-0.3, -0.25) is 0 Å². The first kappa shape index (κ1) is 17.1. The maximum atomic E-state index is 11.2. The highest BCUT2D eigenvalue weighted by molar-refractivity contribution is 7.17. The van der Waals surface area contributed by atoms with Gasteiger partial charge in [0, 0.05) is 36.3 Å². The number of carboxylic acid groups (broad SMARTS) is 1. The Kier molecular flexibility index (Phi) is 4.57. The lowest BCUT2D eigenvalue weighted by Crippen LogP contribution is -2.13. The molecule has 0 radical (unpaired) electrons. The smallest absolute Gasteiger partial charge is 0.347 e. The molecule has 0 spiro atoms. The van der Waals surface area contributed by atoms with Crippen LogP contribution in [0.1, 0.15) is 27.9 Å². The molecule has 0 aliphatic rings. The molecule has 25 heavy (non-hydrogen) atoms. The maximum Gasteiger partial charge on any atom is 0.347 e. The van der Waals surface area contributed by atoms with Crippen LogP contribution in [0, 0.1) is 18.3 Å². The van der Waals surface area contributed by atoms with Crippen LogP contribution in [0.25, 0.3) is 21.5 Å². The Hall–Kier alpha value is -2.69. The predicted molar refractivity (Wildman–Crippen MR) is 95.9 cm³/mol. The number of aromatic carboxylic acids is 1. The Balaban J connectivity index is 2.10. The summed E-state index contributed by atoms with van der Waals surface area (Å²) in [7, 11) is 1.66. The van der Waals surface area contributed by atoms with Crippen LogP contribution in [-0.4, -0.2) is 33.8 Å². The van der Waals surface area contributed by atoms with E-state index in [0.717, 1.165) is 27.8 Å². The molecule has 2 aromatic heterocycles. The minimum absolute atomic E-state index is 0.0292. The van der Waals surface area contributed by atoms with Gasteiger partial charge in [0.2, 0.25) is 0 Å². The number of carbonyl (C=O) groups is 1. The standard InChI is InChI=1S/C18H17N3O3S/c1-10(24-3)8-21-9-13(7-19)14-6-12(4-5-15(14)21)17-20-11(2)16(25-17)18(22)23/h4-6,9-10H,8H2,1-3H3,(H,22,23). The van der Waals surface area contributed by atoms with Crippen LogP contribution >= 0.6 is 11.3 Å². The van der Waals surface area contributed by atoms with Crippen molar-refractivity contribution in [3.05, 3.63) is 40.5 Å². The third-order valence-electron chi connectivity index (χ3n) is 4.10. The van der Waals surface area contributed by atoms with Gasteiger partial charge in [0.05, 0.1) is 17.4 Å². The summed E-state index contributed by atoms with van der Waals surface area (Å²) in [5, 5.41) is 20.1. The number of ether oxygens (including phenoxy) is 1. The van der Waals surface area contributed by atoms with Crippen LogP contribution in [0.2, 0.25) is 0 Å². The fraction of sp³-hybridized carbons (Fsp3) is 0.278. The van der Waals surface area contributed by atoms with Crippen molar-refractivity contribution < 1.29 is 14.6 Å². The summed E-state index contributed by atoms with van der Waals surface area (Å²) in [6.45, 7) is 4.30. The van der Waals surface area contributed by atoms with E-state index in [1.165, 1.54) is 0 Å². The Morgan fingerprint density at radius 2 is 2.28 bits per heavy atom. The molecule has 0 amide bonds. The van der Waals surface area contributed by atoms with E-state index in [4.69, 9.17) is 4.74 Å². The average molecular weight is 355 g/mol. The normalized spacial score (nSPS) is 12.2. The van der Waals surface area contributed by atoms with Crippen molar-refractivity contribution in [3.8, 4) is 16.6 Å². The number of benzene rings is 1. The second kappa shape index (κ2) is 6.67. The lowest BCUT2D eigenvalue weighted by Gasteiger charge is -2.11. The molecular weight excluding hydrogens is 338 g/mol. The number of hydrogen-bond acceptors (Lipinski definition) is 5. The van der Waals surface area contributed by atoms with Gasteiger partial charge in [-0.25, -0.2) is 9.78 Å². The number of carboxylic acids is 1. The average Bonchev–Trinajstić information content (AvgIpc) is 3.15. The van der Waals surface area contributed by atoms with E-state index < -0.39 is 5.97 Å². The molecule has 0 aliphatic heterocycles. The fourth-order valence-electron chi connectivity index (χ4n) is 2.74. The quantitative estimate of drug-likeness (QED) is 0.754. The lowest BCUT2D eigenvalue weighted by molar-refractivity contribution is 0.0701. The molecule has 128 valence electrons. The number of thiazole rings is 1. The number of hydrogen-bond donors (Lipinski definition) is 1. The molecule has 3 aromatic rings. The van der Waals surface area contributed by atoms with Gasteiger partial charge in [-0.05, 0) is 32.0 Å². The van der Waals surface area contributed by atoms with Crippen molar-refractivity contribution in [2.45, 2.75) is 26.5 Å². The molecule has 1 unspecified atom stereocenters. The van der Waals surface area contributed by atoms with Crippen LogP contribution in [0.15, 0.2) is 24.4 Å². The highest BCUT2D eigenvalue weighted by Crippen LogP contribution is 2.32. The molecule has 1 N–H and O–H groups in total. The predicted octanol–water partition coefficient (Wildman–Crippen LogP) is 3.68. The van der Waals surface area contributed by atoms with E-state index in [1.807, 2.05) is 35.9 Å². The molecular formula is C18H17N3O3S. The maximum absolute atomic E-state index is 11.2. The van der Waals surface area contributed by atoms with Crippen LogP contribution in [0.4, 0.5) is 0 Å². The minimum atomic E-state index is -0.972. The van der Waals surface area contributed by atoms with Gasteiger partial charge in [-0.15, -0.1) is 11.3 Å². The largest absolute Gasteiger partial charge is 0.477 e. The number of fused-ring (bicyclic) bond motifs is 1. The zero-order valence-corrected chi connectivity index (χ0v) is 14.9. The van der Waals surface area contributed by atoms with Gasteiger partial charge in [-0.1, -0.05) is 0 Å². The molecule has 0 bridgehead atoms. The number of aromatic nitrogens is 2. The number of rotatable bonds is 5. The first-order chi connectivity index (χ1) is 11.9. The molecule has 6 nitrogen and oxygen atoms in total. The van der Waals surface area contributed by atoms with E-state index in [0.29, 0.717) is 22.8 Å². The Bertz CT molecular complexity index is 997. The number of methoxy groups -OCH3 is 1. The monoisotopic (exact) mass is 355 g/mol. The summed E-state index contributed by atoms with van der Waals surface area (Å²) in [6.07, 6.45) is 1.85. The third kappa shape index (κ3) is 3.14. The molecule has 0 aliphatic carbocycles. The van der Waals surface area contributed by atoms with Crippen LogP contribution < -0.4 is 0 Å². The molecule has 1 atom stereocenters. The Labute approximate surface area is 148 Å². The van der Waals surface area contributed by atoms with Crippen molar-refractivity contribution in [3.63, 3.8) is 0 Å². The Morgan fingerprint density at radius 3 is 2.88 bits per heavy atom. The zero-order valence-electron chi connectivity index (χ0n) is 14.1. The fourth-order valence-corrected chi connectivity index (χ4v) is 3.64. The summed E-state index contributed by atoms with van der Waals surface area (Å²) < 4.78 is 7.31. The van der Waals surface area contributed by atoms with Crippen molar-refractivity contribution >= 4 is 28.2 Å². The topological polar surface area (TPSA) is 88.1 Å². The summed E-state index contributed by atoms with van der Waals surface area (Å²) in [6, 6.07) is 7.96. The lowest BCUT2D eigenvalue weighted by atomic mass is 10.1. The van der Waals surface area contributed by atoms with Gasteiger partial charge >= 0.3 is 5.97 Å². The molecule has 0 saturated heterocycles. The highest BCUT2D eigenvalue weighted by atomic mass is 32.1. The first-order valence-electron chi connectivity index (χ1n) is 7.71. The second-order valence-electron chi connectivity index (χ2n) is 5.82. The van der Waals surface area contributed by atoms with Gasteiger partial charge < -0.3 is 14.4 Å². The third-order valence-corrected chi connectivity index (χ3v) is 5.29. The summed E-state index contributed by atoms with van der Waals surface area (Å²) in [5.41, 5.74) is 2.82. The molecule has 2 heterocycles. The Morgan fingerprint density at radius 1 is 1.52 bits per heavy atom. The molecule has 1 aromatic carbocycles.